The summed E-state index contributed by atoms with van der Waals surface area (Å²) in [5, 5.41) is 2.57. The molecule has 3 heteroatoms. The van der Waals surface area contributed by atoms with Crippen molar-refractivity contribution in [2.75, 3.05) is 0 Å². The van der Waals surface area contributed by atoms with E-state index >= 15 is 0 Å². The Balaban J connectivity index is 0.000000325. The van der Waals surface area contributed by atoms with Crippen molar-refractivity contribution >= 4 is 15.0 Å². The summed E-state index contributed by atoms with van der Waals surface area (Å²) in [5.74, 6) is 0. The second kappa shape index (κ2) is 11.7. The maximum Gasteiger partial charge on any atom is -0.0246 e. The van der Waals surface area contributed by atoms with Gasteiger partial charge < -0.3 is 30.9 Å². The second-order valence-electron chi connectivity index (χ2n) is 5.86. The molecule has 0 heterocycles. The molecule has 0 fully saturated rings. The van der Waals surface area contributed by atoms with E-state index in [-0.39, 0.29) is 24.8 Å². The Morgan fingerprint density at radius 1 is 0.885 bits per heavy atom. The first-order chi connectivity index (χ1) is 11.9. The van der Waals surface area contributed by atoms with E-state index in [1.54, 1.807) is 0 Å². The van der Waals surface area contributed by atoms with Crippen LogP contribution in [0.1, 0.15) is 30.4 Å². The van der Waals surface area contributed by atoms with Crippen LogP contribution in [0.3, 0.4) is 0 Å². The van der Waals surface area contributed by atoms with Gasteiger partial charge in [-0.15, -0.1) is 40.6 Å². The first-order valence-corrected chi connectivity index (χ1v) is 10.1. The van der Waals surface area contributed by atoms with Crippen LogP contribution < -0.4 is 24.8 Å². The molecular weight excluding hydrogens is 438 g/mol. The Hall–Kier alpha value is -1.01. The number of fused-ring (bicyclic) bond motifs is 5. The van der Waals surface area contributed by atoms with Crippen LogP contribution in [0.2, 0.25) is 0 Å². The SMILES string of the molecule is [C-]1=CCCC1.[CH2]=[Zr+2].[Cl-].[Cl-].[c-]1cccc2ccc3c(c12)Cc1ccccc1-3. The fourth-order valence-electron chi connectivity index (χ4n) is 3.33. The maximum absolute atomic E-state index is 3.39. The van der Waals surface area contributed by atoms with Crippen molar-refractivity contribution in [3.63, 3.8) is 0 Å². The molecule has 2 aliphatic carbocycles. The molecule has 0 atom stereocenters. The molecule has 0 spiro atoms. The Morgan fingerprint density at radius 2 is 1.69 bits per heavy atom. The fraction of sp³-hybridized carbons (Fsp3) is 0.174. The van der Waals surface area contributed by atoms with Crippen LogP contribution in [-0.2, 0) is 30.7 Å². The molecule has 0 bridgehead atoms. The van der Waals surface area contributed by atoms with E-state index in [1.807, 2.05) is 6.07 Å². The molecular formula is C23H20Cl2Zr-2. The van der Waals surface area contributed by atoms with Gasteiger partial charge in [-0.05, 0) is 17.5 Å². The minimum absolute atomic E-state index is 0. The molecule has 2 aliphatic rings. The van der Waals surface area contributed by atoms with Crippen LogP contribution in [0.25, 0.3) is 21.9 Å². The van der Waals surface area contributed by atoms with Gasteiger partial charge in [0.05, 0.1) is 0 Å². The summed E-state index contributed by atoms with van der Waals surface area (Å²) in [6.07, 6.45) is 10.0. The van der Waals surface area contributed by atoms with Crippen LogP contribution in [0.4, 0.5) is 0 Å². The predicted molar refractivity (Wildman–Crippen MR) is 99.8 cm³/mol. The van der Waals surface area contributed by atoms with Crippen LogP contribution in [-0.4, -0.2) is 4.21 Å². The van der Waals surface area contributed by atoms with Gasteiger partial charge in [0.1, 0.15) is 0 Å². The van der Waals surface area contributed by atoms with Crippen molar-refractivity contribution in [1.82, 2.24) is 0 Å². The smallest absolute Gasteiger partial charge is 0.0246 e. The molecule has 0 radical (unpaired) electrons. The van der Waals surface area contributed by atoms with Crippen LogP contribution in [0.5, 0.6) is 0 Å². The molecule has 0 unspecified atom stereocenters. The van der Waals surface area contributed by atoms with Crippen LogP contribution in [0.15, 0.2) is 60.7 Å². The minimum atomic E-state index is 0. The Bertz CT molecular complexity index is 865. The molecule has 0 saturated carbocycles. The number of allylic oxidation sites excluding steroid dienone is 2. The van der Waals surface area contributed by atoms with Gasteiger partial charge in [-0.1, -0.05) is 54.8 Å². The van der Waals surface area contributed by atoms with Gasteiger partial charge >= 0.3 is 28.4 Å². The van der Waals surface area contributed by atoms with E-state index < -0.39 is 0 Å². The summed E-state index contributed by atoms with van der Waals surface area (Å²) in [7, 11) is 0. The van der Waals surface area contributed by atoms with Crippen molar-refractivity contribution in [2.24, 2.45) is 0 Å². The van der Waals surface area contributed by atoms with Crippen molar-refractivity contribution in [3.05, 3.63) is 83.9 Å². The Kier molecular flexibility index (Phi) is 10.3. The predicted octanol–water partition coefficient (Wildman–Crippen LogP) is -0.286. The topological polar surface area (TPSA) is 0 Å². The van der Waals surface area contributed by atoms with Gasteiger partial charge in [0.25, 0.3) is 0 Å². The average Bonchev–Trinajstić information content (AvgIpc) is 3.35. The van der Waals surface area contributed by atoms with Crippen LogP contribution >= 0.6 is 0 Å². The van der Waals surface area contributed by atoms with Gasteiger partial charge in [-0.3, -0.25) is 6.08 Å². The van der Waals surface area contributed by atoms with Crippen molar-refractivity contribution in [1.29, 1.82) is 0 Å². The quantitative estimate of drug-likeness (QED) is 0.318. The van der Waals surface area contributed by atoms with E-state index in [1.165, 1.54) is 76.5 Å². The van der Waals surface area contributed by atoms with Gasteiger partial charge in [-0.2, -0.15) is 6.42 Å². The number of halogens is 2. The zero-order valence-corrected chi connectivity index (χ0v) is 18.5. The molecule has 0 aromatic heterocycles. The van der Waals surface area contributed by atoms with E-state index in [0.29, 0.717) is 0 Å². The average molecular weight is 459 g/mol. The molecule has 0 saturated heterocycles. The first kappa shape index (κ1) is 23.0. The summed E-state index contributed by atoms with van der Waals surface area (Å²) < 4.78 is 3.34. The standard InChI is InChI=1S/C17H11.C5H7.CH2.2ClH.Zr/c1-3-7-14-12(5-1)9-10-16-15-8-4-2-6-13(15)11-17(14)16;1-2-4-5-3-1;;;;/h1-6,8-10H,11H2;1H,2,4-5H2;1H2;2*1H;/q2*-1;;;;+2/p-2. The van der Waals surface area contributed by atoms with Gasteiger partial charge in [-0.25, -0.2) is 0 Å². The largest absolute Gasteiger partial charge is 1.00 e. The van der Waals surface area contributed by atoms with Crippen molar-refractivity contribution < 1.29 is 49.0 Å². The zero-order chi connectivity index (χ0) is 16.8. The third-order valence-electron chi connectivity index (χ3n) is 4.43. The van der Waals surface area contributed by atoms with E-state index in [9.17, 15) is 0 Å². The summed E-state index contributed by atoms with van der Waals surface area (Å²) >= 11 is 1.30. The fourth-order valence-corrected chi connectivity index (χ4v) is 3.33. The molecule has 132 valence electrons. The molecule has 3 aromatic rings. The van der Waals surface area contributed by atoms with E-state index in [2.05, 4.69) is 71.0 Å². The summed E-state index contributed by atoms with van der Waals surface area (Å²) in [4.78, 5) is 0. The summed E-state index contributed by atoms with van der Waals surface area (Å²) in [6.45, 7) is 0. The third-order valence-corrected chi connectivity index (χ3v) is 4.43. The van der Waals surface area contributed by atoms with Gasteiger partial charge in [0, 0.05) is 0 Å². The zero-order valence-electron chi connectivity index (χ0n) is 14.6. The molecule has 3 aromatic carbocycles. The van der Waals surface area contributed by atoms with E-state index in [4.69, 9.17) is 0 Å². The van der Waals surface area contributed by atoms with Crippen molar-refractivity contribution in [3.8, 4) is 11.1 Å². The van der Waals surface area contributed by atoms with Crippen molar-refractivity contribution in [2.45, 2.75) is 25.7 Å². The monoisotopic (exact) mass is 456 g/mol. The molecule has 5 rings (SSSR count). The number of hydrogen-bond donors (Lipinski definition) is 0. The van der Waals surface area contributed by atoms with E-state index in [0.717, 1.165) is 6.42 Å². The summed E-state index contributed by atoms with van der Waals surface area (Å²) in [5.41, 5.74) is 5.65. The normalized spacial score (nSPS) is 12.4. The number of benzene rings is 3. The second-order valence-corrected chi connectivity index (χ2v) is 5.86. The molecule has 26 heavy (non-hydrogen) atoms. The number of rotatable bonds is 0. The van der Waals surface area contributed by atoms with Gasteiger partial charge in [0.15, 0.2) is 0 Å². The first-order valence-electron chi connectivity index (χ1n) is 8.34. The Labute approximate surface area is 183 Å². The third kappa shape index (κ3) is 5.04. The van der Waals surface area contributed by atoms with Gasteiger partial charge in [0.2, 0.25) is 0 Å². The van der Waals surface area contributed by atoms with Crippen LogP contribution in [0, 0.1) is 12.1 Å². The Morgan fingerprint density at radius 3 is 2.38 bits per heavy atom. The minimum Gasteiger partial charge on any atom is -1.00 e. The molecule has 0 amide bonds. The molecule has 0 nitrogen and oxygen atoms in total. The molecule has 0 aliphatic heterocycles. The maximum atomic E-state index is 3.39. The summed E-state index contributed by atoms with van der Waals surface area (Å²) in [6, 6.07) is 22.7. The number of hydrogen-bond acceptors (Lipinski definition) is 0. The molecule has 0 N–H and O–H groups in total.